The number of carbonyl (C=O) groups is 1. The lowest BCUT2D eigenvalue weighted by molar-refractivity contribution is -0.148. The maximum atomic E-state index is 12.2. The van der Waals surface area contributed by atoms with Crippen molar-refractivity contribution in [2.45, 2.75) is 26.1 Å². The number of hydrogen-bond acceptors (Lipinski definition) is 2. The van der Waals surface area contributed by atoms with Gasteiger partial charge in [-0.2, -0.15) is 13.2 Å². The Balaban J connectivity index is 2.65. The van der Waals surface area contributed by atoms with Crippen LogP contribution in [0, 0.1) is 6.92 Å². The van der Waals surface area contributed by atoms with Gasteiger partial charge in [0, 0.05) is 0 Å². The van der Waals surface area contributed by atoms with Crippen LogP contribution < -0.4 is 10.6 Å². The van der Waals surface area contributed by atoms with E-state index in [2.05, 4.69) is 10.3 Å². The first-order valence-corrected chi connectivity index (χ1v) is 5.35. The number of alkyl halides is 3. The second kappa shape index (κ2) is 5.43. The molecule has 2 N–H and O–H groups in total. The van der Waals surface area contributed by atoms with Crippen LogP contribution in [0.1, 0.15) is 12.6 Å². The van der Waals surface area contributed by atoms with Crippen molar-refractivity contribution < 1.29 is 18.0 Å². The minimum Gasteiger partial charge on any atom is -0.326 e. The Morgan fingerprint density at radius 3 is 2.56 bits per heavy atom. The number of nitrogens with one attached hydrogen (secondary N) is 2. The monoisotopic (exact) mass is 281 g/mol. The van der Waals surface area contributed by atoms with Gasteiger partial charge in [-0.05, 0) is 26.0 Å². The van der Waals surface area contributed by atoms with Crippen molar-refractivity contribution in [3.63, 3.8) is 0 Å². The maximum absolute atomic E-state index is 12.2. The van der Waals surface area contributed by atoms with Crippen LogP contribution in [0.5, 0.6) is 0 Å². The number of aryl methyl sites for hydroxylation is 1. The number of rotatable bonds is 2. The Hall–Kier alpha value is -1.50. The second-order valence-corrected chi connectivity index (χ2v) is 4.02. The number of nitrogens with zero attached hydrogens (tertiary/aromatic N) is 1. The van der Waals surface area contributed by atoms with E-state index < -0.39 is 18.2 Å². The average molecular weight is 282 g/mol. The van der Waals surface area contributed by atoms with Crippen molar-refractivity contribution in [1.82, 2.24) is 10.3 Å². The van der Waals surface area contributed by atoms with Crippen LogP contribution in [0.25, 0.3) is 0 Å². The summed E-state index contributed by atoms with van der Waals surface area (Å²) in [4.78, 5) is 15.2. The third-order valence-electron chi connectivity index (χ3n) is 2.14. The van der Waals surface area contributed by atoms with E-state index in [1.807, 2.05) is 0 Å². The summed E-state index contributed by atoms with van der Waals surface area (Å²) in [5, 5.41) is 4.28. The molecule has 0 fully saturated rings. The minimum atomic E-state index is -4.48. The highest BCUT2D eigenvalue weighted by atomic mass is 35.5. The van der Waals surface area contributed by atoms with Gasteiger partial charge >= 0.3 is 12.2 Å². The van der Waals surface area contributed by atoms with Crippen molar-refractivity contribution in [3.05, 3.63) is 23.0 Å². The maximum Gasteiger partial charge on any atom is 0.408 e. The average Bonchev–Trinajstić information content (AvgIpc) is 2.20. The SMILES string of the molecule is Cc1nc(Cl)ccc1NC(=O)NC(C)C(F)(F)F. The van der Waals surface area contributed by atoms with Crippen molar-refractivity contribution in [1.29, 1.82) is 0 Å². The first-order chi connectivity index (χ1) is 8.20. The predicted octanol–water partition coefficient (Wildman–Crippen LogP) is 3.12. The molecule has 1 atom stereocenters. The van der Waals surface area contributed by atoms with E-state index in [1.54, 1.807) is 12.2 Å². The molecule has 1 unspecified atom stereocenters. The number of pyridine rings is 1. The Bertz CT molecular complexity index is 450. The Morgan fingerprint density at radius 1 is 1.44 bits per heavy atom. The van der Waals surface area contributed by atoms with Crippen molar-refractivity contribution in [2.24, 2.45) is 0 Å². The zero-order valence-corrected chi connectivity index (χ0v) is 10.4. The minimum absolute atomic E-state index is 0.238. The molecule has 18 heavy (non-hydrogen) atoms. The standard InChI is InChI=1S/C10H11ClF3N3O/c1-5-7(3-4-8(11)15-5)17-9(18)16-6(2)10(12,13)14/h3-4,6H,1-2H3,(H2,16,17,18). The number of carbonyl (C=O) groups excluding carboxylic acids is 1. The number of hydrogen-bond donors (Lipinski definition) is 2. The molecule has 0 aliphatic carbocycles. The molecule has 1 aromatic rings. The molecule has 1 rings (SSSR count). The van der Waals surface area contributed by atoms with E-state index in [0.29, 0.717) is 11.4 Å². The Kier molecular flexibility index (Phi) is 4.39. The summed E-state index contributed by atoms with van der Waals surface area (Å²) >= 11 is 5.61. The molecule has 2 amide bonds. The molecule has 1 aromatic heterocycles. The molecule has 0 saturated heterocycles. The van der Waals surface area contributed by atoms with E-state index in [1.165, 1.54) is 12.1 Å². The highest BCUT2D eigenvalue weighted by molar-refractivity contribution is 6.29. The molecule has 0 aromatic carbocycles. The fourth-order valence-electron chi connectivity index (χ4n) is 1.10. The van der Waals surface area contributed by atoms with Gasteiger partial charge in [-0.1, -0.05) is 11.6 Å². The highest BCUT2D eigenvalue weighted by Crippen LogP contribution is 2.20. The zero-order chi connectivity index (χ0) is 13.9. The van der Waals surface area contributed by atoms with Gasteiger partial charge in [0.15, 0.2) is 0 Å². The van der Waals surface area contributed by atoms with Gasteiger partial charge in [-0.25, -0.2) is 9.78 Å². The molecule has 8 heteroatoms. The van der Waals surface area contributed by atoms with E-state index in [9.17, 15) is 18.0 Å². The number of anilines is 1. The molecule has 1 heterocycles. The van der Waals surface area contributed by atoms with Gasteiger partial charge in [0.05, 0.1) is 11.4 Å². The summed E-state index contributed by atoms with van der Waals surface area (Å²) in [6.07, 6.45) is -4.48. The molecule has 0 saturated carbocycles. The number of aromatic nitrogens is 1. The van der Waals surface area contributed by atoms with Gasteiger partial charge < -0.3 is 10.6 Å². The van der Waals surface area contributed by atoms with Crippen LogP contribution in [0.3, 0.4) is 0 Å². The summed E-state index contributed by atoms with van der Waals surface area (Å²) in [6, 6.07) is 0.00459. The summed E-state index contributed by atoms with van der Waals surface area (Å²) in [6.45, 7) is 2.43. The van der Waals surface area contributed by atoms with Gasteiger partial charge in [-0.15, -0.1) is 0 Å². The van der Waals surface area contributed by atoms with Crippen LogP contribution in [-0.2, 0) is 0 Å². The summed E-state index contributed by atoms with van der Waals surface area (Å²) in [7, 11) is 0. The molecule has 0 aliphatic heterocycles. The van der Waals surface area contributed by atoms with Crippen molar-refractivity contribution in [3.8, 4) is 0 Å². The van der Waals surface area contributed by atoms with Crippen LogP contribution in [-0.4, -0.2) is 23.2 Å². The summed E-state index contributed by atoms with van der Waals surface area (Å²) in [5.41, 5.74) is 0.712. The fourth-order valence-corrected chi connectivity index (χ4v) is 1.29. The van der Waals surface area contributed by atoms with E-state index in [0.717, 1.165) is 6.92 Å². The van der Waals surface area contributed by atoms with Crippen LogP contribution in [0.2, 0.25) is 5.15 Å². The molecule has 4 nitrogen and oxygen atoms in total. The summed E-state index contributed by atoms with van der Waals surface area (Å²) in [5.74, 6) is 0. The third kappa shape index (κ3) is 4.06. The molecular weight excluding hydrogens is 271 g/mol. The lowest BCUT2D eigenvalue weighted by atomic mass is 10.3. The van der Waals surface area contributed by atoms with Gasteiger partial charge in [0.25, 0.3) is 0 Å². The smallest absolute Gasteiger partial charge is 0.326 e. The van der Waals surface area contributed by atoms with Gasteiger partial charge in [-0.3, -0.25) is 0 Å². The Morgan fingerprint density at radius 2 is 2.06 bits per heavy atom. The highest BCUT2D eigenvalue weighted by Gasteiger charge is 2.37. The van der Waals surface area contributed by atoms with Gasteiger partial charge in [0.2, 0.25) is 0 Å². The van der Waals surface area contributed by atoms with Gasteiger partial charge in [0.1, 0.15) is 11.2 Å². The first kappa shape index (κ1) is 14.6. The number of amides is 2. The van der Waals surface area contributed by atoms with E-state index in [4.69, 9.17) is 11.6 Å². The number of urea groups is 1. The Labute approximate surface area is 107 Å². The van der Waals surface area contributed by atoms with Crippen LogP contribution in [0.15, 0.2) is 12.1 Å². The molecular formula is C10H11ClF3N3O. The van der Waals surface area contributed by atoms with E-state index in [-0.39, 0.29) is 5.15 Å². The zero-order valence-electron chi connectivity index (χ0n) is 9.60. The topological polar surface area (TPSA) is 54.0 Å². The lowest BCUT2D eigenvalue weighted by Gasteiger charge is -2.17. The lowest BCUT2D eigenvalue weighted by Crippen LogP contribution is -2.45. The number of halogens is 4. The second-order valence-electron chi connectivity index (χ2n) is 3.63. The van der Waals surface area contributed by atoms with E-state index >= 15 is 0 Å². The third-order valence-corrected chi connectivity index (χ3v) is 2.35. The molecule has 100 valence electrons. The molecule has 0 spiro atoms. The van der Waals surface area contributed by atoms with Crippen LogP contribution in [0.4, 0.5) is 23.7 Å². The fraction of sp³-hybridized carbons (Fsp3) is 0.400. The van der Waals surface area contributed by atoms with Crippen molar-refractivity contribution >= 4 is 23.3 Å². The first-order valence-electron chi connectivity index (χ1n) is 4.97. The molecule has 0 bridgehead atoms. The van der Waals surface area contributed by atoms with Crippen molar-refractivity contribution in [2.75, 3.05) is 5.32 Å². The molecule has 0 aliphatic rings. The quantitative estimate of drug-likeness (QED) is 0.819. The van der Waals surface area contributed by atoms with Crippen LogP contribution >= 0.6 is 11.6 Å². The molecule has 0 radical (unpaired) electrons. The predicted molar refractivity (Wildman–Crippen MR) is 61.7 cm³/mol. The normalized spacial score (nSPS) is 13.0. The summed E-state index contributed by atoms with van der Waals surface area (Å²) < 4.78 is 36.6. The largest absolute Gasteiger partial charge is 0.408 e.